The smallest absolute Gasteiger partial charge is 0.254 e. The molecule has 1 atom stereocenters. The second kappa shape index (κ2) is 4.25. The summed E-state index contributed by atoms with van der Waals surface area (Å²) in [6.07, 6.45) is 3.32. The summed E-state index contributed by atoms with van der Waals surface area (Å²) < 4.78 is 26.0. The van der Waals surface area contributed by atoms with Crippen molar-refractivity contribution in [2.75, 3.05) is 13.2 Å². The van der Waals surface area contributed by atoms with Gasteiger partial charge in [-0.3, -0.25) is 0 Å². The first-order valence-electron chi connectivity index (χ1n) is 3.77. The van der Waals surface area contributed by atoms with Crippen LogP contribution in [0, 0.1) is 5.92 Å². The van der Waals surface area contributed by atoms with Gasteiger partial charge in [-0.15, -0.1) is 0 Å². The lowest BCUT2D eigenvalue weighted by Crippen LogP contribution is -1.96. The molecular formula is C7H11ClO3S. The largest absolute Gasteiger partial charge is 0.381 e. The second-order valence-corrected chi connectivity index (χ2v) is 5.33. The highest BCUT2D eigenvalue weighted by molar-refractivity contribution is 8.16. The second-order valence-electron chi connectivity index (χ2n) is 2.81. The first-order valence-corrected chi connectivity index (χ1v) is 6.14. The Morgan fingerprint density at radius 2 is 2.33 bits per heavy atom. The SMILES string of the molecule is O=S(=O)(Cl)/C=C\CC1CCOC1. The molecule has 0 spiro atoms. The fourth-order valence-electron chi connectivity index (χ4n) is 1.13. The van der Waals surface area contributed by atoms with Gasteiger partial charge in [0.2, 0.25) is 0 Å². The summed E-state index contributed by atoms with van der Waals surface area (Å²) in [4.78, 5) is 0. The van der Waals surface area contributed by atoms with E-state index in [1.807, 2.05) is 0 Å². The summed E-state index contributed by atoms with van der Waals surface area (Å²) in [7, 11) is 1.51. The van der Waals surface area contributed by atoms with Gasteiger partial charge in [0.15, 0.2) is 0 Å². The van der Waals surface area contributed by atoms with Gasteiger partial charge in [0.25, 0.3) is 9.05 Å². The Morgan fingerprint density at radius 3 is 2.83 bits per heavy atom. The third-order valence-corrected chi connectivity index (χ3v) is 2.58. The number of hydrogen-bond acceptors (Lipinski definition) is 3. The van der Waals surface area contributed by atoms with Crippen LogP contribution >= 0.6 is 10.7 Å². The van der Waals surface area contributed by atoms with E-state index in [1.54, 1.807) is 6.08 Å². The molecule has 1 fully saturated rings. The van der Waals surface area contributed by atoms with Gasteiger partial charge >= 0.3 is 0 Å². The molecule has 1 unspecified atom stereocenters. The Bertz CT molecular complexity index is 252. The Hall–Kier alpha value is -0.0600. The van der Waals surface area contributed by atoms with E-state index in [4.69, 9.17) is 15.4 Å². The van der Waals surface area contributed by atoms with Crippen LogP contribution < -0.4 is 0 Å². The Balaban J connectivity index is 2.29. The van der Waals surface area contributed by atoms with E-state index >= 15 is 0 Å². The molecule has 0 N–H and O–H groups in total. The average Bonchev–Trinajstić information content (AvgIpc) is 2.36. The van der Waals surface area contributed by atoms with Gasteiger partial charge in [-0.1, -0.05) is 6.08 Å². The molecule has 5 heteroatoms. The lowest BCUT2D eigenvalue weighted by atomic mass is 10.1. The van der Waals surface area contributed by atoms with E-state index in [-0.39, 0.29) is 0 Å². The van der Waals surface area contributed by atoms with Crippen molar-refractivity contribution in [3.63, 3.8) is 0 Å². The lowest BCUT2D eigenvalue weighted by molar-refractivity contribution is 0.186. The molecule has 3 nitrogen and oxygen atoms in total. The van der Waals surface area contributed by atoms with Crippen LogP contribution in [0.4, 0.5) is 0 Å². The predicted molar refractivity (Wildman–Crippen MR) is 47.5 cm³/mol. The summed E-state index contributed by atoms with van der Waals surface area (Å²) in [5.74, 6) is 0.458. The maximum absolute atomic E-state index is 10.5. The summed E-state index contributed by atoms with van der Waals surface area (Å²) in [5, 5.41) is 1.03. The van der Waals surface area contributed by atoms with Crippen LogP contribution in [0.5, 0.6) is 0 Å². The predicted octanol–water partition coefficient (Wildman–Crippen LogP) is 1.50. The fraction of sp³-hybridized carbons (Fsp3) is 0.714. The summed E-state index contributed by atoms with van der Waals surface area (Å²) in [6, 6.07) is 0. The molecule has 0 aliphatic carbocycles. The van der Waals surface area contributed by atoms with E-state index in [2.05, 4.69) is 0 Å². The molecule has 0 aromatic carbocycles. The number of rotatable bonds is 3. The molecule has 1 rings (SSSR count). The van der Waals surface area contributed by atoms with Gasteiger partial charge in [-0.2, -0.15) is 0 Å². The highest BCUT2D eigenvalue weighted by Crippen LogP contribution is 2.16. The molecular weight excluding hydrogens is 200 g/mol. The third kappa shape index (κ3) is 4.09. The van der Waals surface area contributed by atoms with E-state index in [1.165, 1.54) is 0 Å². The highest BCUT2D eigenvalue weighted by atomic mass is 35.7. The Labute approximate surface area is 76.8 Å². The molecule has 0 aromatic heterocycles. The molecule has 12 heavy (non-hydrogen) atoms. The van der Waals surface area contributed by atoms with Crippen molar-refractivity contribution in [1.82, 2.24) is 0 Å². The molecule has 1 aliphatic heterocycles. The molecule has 0 aromatic rings. The molecule has 1 saturated heterocycles. The van der Waals surface area contributed by atoms with Crippen molar-refractivity contribution in [3.8, 4) is 0 Å². The van der Waals surface area contributed by atoms with Crippen LogP contribution in [0.2, 0.25) is 0 Å². The van der Waals surface area contributed by atoms with Crippen LogP contribution in [0.25, 0.3) is 0 Å². The van der Waals surface area contributed by atoms with Gasteiger partial charge in [-0.05, 0) is 18.8 Å². The van der Waals surface area contributed by atoms with Gasteiger partial charge < -0.3 is 4.74 Å². The van der Waals surface area contributed by atoms with Crippen LogP contribution in [0.15, 0.2) is 11.5 Å². The Morgan fingerprint density at radius 1 is 1.58 bits per heavy atom. The van der Waals surface area contributed by atoms with Crippen molar-refractivity contribution in [2.45, 2.75) is 12.8 Å². The third-order valence-electron chi connectivity index (χ3n) is 1.75. The maximum Gasteiger partial charge on any atom is 0.254 e. The summed E-state index contributed by atoms with van der Waals surface area (Å²) in [6.45, 7) is 1.51. The summed E-state index contributed by atoms with van der Waals surface area (Å²) >= 11 is 0. The minimum Gasteiger partial charge on any atom is -0.381 e. The monoisotopic (exact) mass is 210 g/mol. The quantitative estimate of drug-likeness (QED) is 0.663. The van der Waals surface area contributed by atoms with Crippen molar-refractivity contribution in [3.05, 3.63) is 11.5 Å². The van der Waals surface area contributed by atoms with Crippen molar-refractivity contribution in [1.29, 1.82) is 0 Å². The first-order chi connectivity index (χ1) is 5.58. The number of hydrogen-bond donors (Lipinski definition) is 0. The van der Waals surface area contributed by atoms with E-state index < -0.39 is 9.05 Å². The van der Waals surface area contributed by atoms with Crippen molar-refractivity contribution in [2.24, 2.45) is 5.92 Å². The normalized spacial score (nSPS) is 25.2. The zero-order valence-corrected chi connectivity index (χ0v) is 8.14. The topological polar surface area (TPSA) is 43.4 Å². The van der Waals surface area contributed by atoms with E-state index in [0.29, 0.717) is 5.92 Å². The van der Waals surface area contributed by atoms with Crippen LogP contribution in [0.1, 0.15) is 12.8 Å². The van der Waals surface area contributed by atoms with Crippen LogP contribution in [0.3, 0.4) is 0 Å². The molecule has 0 bridgehead atoms. The lowest BCUT2D eigenvalue weighted by Gasteiger charge is -1.99. The van der Waals surface area contributed by atoms with Gasteiger partial charge in [0, 0.05) is 29.3 Å². The fourth-order valence-corrected chi connectivity index (χ4v) is 1.69. The average molecular weight is 211 g/mol. The number of halogens is 1. The molecule has 0 amide bonds. The molecule has 0 radical (unpaired) electrons. The molecule has 1 aliphatic rings. The molecule has 0 saturated carbocycles. The minimum absolute atomic E-state index is 0.458. The van der Waals surface area contributed by atoms with Crippen molar-refractivity contribution >= 4 is 19.7 Å². The van der Waals surface area contributed by atoms with E-state index in [0.717, 1.165) is 31.5 Å². The van der Waals surface area contributed by atoms with E-state index in [9.17, 15) is 8.42 Å². The number of allylic oxidation sites excluding steroid dienone is 1. The summed E-state index contributed by atoms with van der Waals surface area (Å²) in [5.41, 5.74) is 0. The van der Waals surface area contributed by atoms with Gasteiger partial charge in [-0.25, -0.2) is 8.42 Å². The zero-order valence-electron chi connectivity index (χ0n) is 6.57. The standard InChI is InChI=1S/C7H11ClO3S/c8-12(9,10)5-1-2-7-3-4-11-6-7/h1,5,7H,2-4,6H2/b5-1-. The zero-order chi connectivity index (χ0) is 9.03. The van der Waals surface area contributed by atoms with Gasteiger partial charge in [0.05, 0.1) is 0 Å². The molecule has 1 heterocycles. The van der Waals surface area contributed by atoms with Crippen LogP contribution in [-0.2, 0) is 13.8 Å². The first kappa shape index (κ1) is 10.0. The minimum atomic E-state index is -3.46. The Kier molecular flexibility index (Phi) is 3.55. The maximum atomic E-state index is 10.5. The van der Waals surface area contributed by atoms with Crippen molar-refractivity contribution < 1.29 is 13.2 Å². The highest BCUT2D eigenvalue weighted by Gasteiger charge is 2.13. The number of ether oxygens (including phenoxy) is 1. The van der Waals surface area contributed by atoms with Crippen LogP contribution in [-0.4, -0.2) is 21.6 Å². The van der Waals surface area contributed by atoms with Gasteiger partial charge in [0.1, 0.15) is 0 Å². The molecule has 70 valence electrons.